The predicted octanol–water partition coefficient (Wildman–Crippen LogP) is 4.55. The summed E-state index contributed by atoms with van der Waals surface area (Å²) in [5.74, 6) is 0.0480. The molecule has 0 unspecified atom stereocenters. The number of nitrogens with one attached hydrogen (secondary N) is 1. The Morgan fingerprint density at radius 2 is 1.80 bits per heavy atom. The van der Waals surface area contributed by atoms with Gasteiger partial charge in [-0.2, -0.15) is 0 Å². The molecule has 0 atom stereocenters. The zero-order valence-electron chi connectivity index (χ0n) is 10.6. The first kappa shape index (κ1) is 15.2. The minimum Gasteiger partial charge on any atom is -0.493 e. The molecule has 106 valence electrons. The number of carbonyl (C=O) groups excluding carboxylic acids is 1. The fourth-order valence-corrected chi connectivity index (χ4v) is 2.00. The summed E-state index contributed by atoms with van der Waals surface area (Å²) in [7, 11) is 0. The van der Waals surface area contributed by atoms with Gasteiger partial charge in [0.25, 0.3) is 9.70 Å². The minimum atomic E-state index is -2.00. The zero-order valence-corrected chi connectivity index (χ0v) is 12.9. The summed E-state index contributed by atoms with van der Waals surface area (Å²) in [4.78, 5) is 11.8. The largest absolute Gasteiger partial charge is 0.493 e. The Kier molecular flexibility index (Phi) is 4.63. The lowest BCUT2D eigenvalue weighted by molar-refractivity contribution is -0.115. The van der Waals surface area contributed by atoms with Crippen LogP contribution in [0.3, 0.4) is 0 Å². The molecule has 0 saturated heterocycles. The fourth-order valence-electron chi connectivity index (χ4n) is 1.85. The van der Waals surface area contributed by atoms with E-state index in [4.69, 9.17) is 39.5 Å². The number of benzene rings is 2. The van der Waals surface area contributed by atoms with Crippen LogP contribution in [-0.2, 0) is 4.79 Å². The molecule has 3 nitrogen and oxygen atoms in total. The maximum atomic E-state index is 11.8. The van der Waals surface area contributed by atoms with Gasteiger partial charge in [-0.15, -0.1) is 0 Å². The third-order valence-electron chi connectivity index (χ3n) is 2.69. The molecule has 0 heterocycles. The van der Waals surface area contributed by atoms with Gasteiger partial charge in [0.2, 0.25) is 0 Å². The first-order valence-corrected chi connectivity index (χ1v) is 7.09. The molecule has 2 aromatic rings. The van der Waals surface area contributed by atoms with Gasteiger partial charge in [-0.05, 0) is 19.1 Å². The molecule has 1 amide bonds. The van der Waals surface area contributed by atoms with E-state index in [0.717, 1.165) is 16.5 Å². The number of hydrogen-bond acceptors (Lipinski definition) is 2. The maximum Gasteiger partial charge on any atom is 0.276 e. The summed E-state index contributed by atoms with van der Waals surface area (Å²) in [6.45, 7) is 2.47. The number of rotatable bonds is 3. The number of fused-ring (bicyclic) bond motifs is 1. The van der Waals surface area contributed by atoms with Crippen LogP contribution in [0.5, 0.6) is 5.75 Å². The Balaban J connectivity index is 2.46. The number of carbonyl (C=O) groups is 1. The number of anilines is 1. The fraction of sp³-hybridized carbons (Fsp3) is 0.214. The van der Waals surface area contributed by atoms with Crippen LogP contribution in [0.25, 0.3) is 10.8 Å². The van der Waals surface area contributed by atoms with Gasteiger partial charge in [-0.3, -0.25) is 4.79 Å². The van der Waals surface area contributed by atoms with Crippen molar-refractivity contribution < 1.29 is 9.53 Å². The van der Waals surface area contributed by atoms with Crippen LogP contribution in [0.4, 0.5) is 5.69 Å². The second-order valence-electron chi connectivity index (χ2n) is 4.04. The number of ether oxygens (including phenoxy) is 1. The molecule has 0 saturated carbocycles. The molecule has 0 aliphatic rings. The van der Waals surface area contributed by atoms with Crippen LogP contribution in [0.1, 0.15) is 6.92 Å². The Bertz CT molecular complexity index is 638. The lowest BCUT2D eigenvalue weighted by Gasteiger charge is -2.15. The summed E-state index contributed by atoms with van der Waals surface area (Å²) in [6.07, 6.45) is 0. The van der Waals surface area contributed by atoms with Gasteiger partial charge in [0.1, 0.15) is 5.75 Å². The van der Waals surface area contributed by atoms with Crippen molar-refractivity contribution >= 4 is 57.2 Å². The molecule has 0 radical (unpaired) electrons. The summed E-state index contributed by atoms with van der Waals surface area (Å²) >= 11 is 16.7. The summed E-state index contributed by atoms with van der Waals surface area (Å²) < 4.78 is 3.56. The van der Waals surface area contributed by atoms with Gasteiger partial charge in [-0.25, -0.2) is 0 Å². The van der Waals surface area contributed by atoms with Crippen molar-refractivity contribution in [1.82, 2.24) is 0 Å². The lowest BCUT2D eigenvalue weighted by atomic mass is 10.1. The van der Waals surface area contributed by atoms with Crippen LogP contribution in [0.2, 0.25) is 0 Å². The second-order valence-corrected chi connectivity index (χ2v) is 6.32. The highest BCUT2D eigenvalue weighted by Crippen LogP contribution is 2.33. The smallest absolute Gasteiger partial charge is 0.276 e. The molecular formula is C14H12Cl3NO2. The van der Waals surface area contributed by atoms with Crippen molar-refractivity contribution in [2.75, 3.05) is 11.9 Å². The number of alkyl halides is 3. The molecule has 0 aliphatic carbocycles. The van der Waals surface area contributed by atoms with Gasteiger partial charge in [0.05, 0.1) is 6.61 Å². The molecule has 2 aromatic carbocycles. The average molecular weight is 333 g/mol. The normalized spacial score (nSPS) is 11.4. The molecule has 20 heavy (non-hydrogen) atoms. The first-order valence-electron chi connectivity index (χ1n) is 5.96. The highest BCUT2D eigenvalue weighted by molar-refractivity contribution is 6.76. The maximum absolute atomic E-state index is 11.8. The number of hydrogen-bond donors (Lipinski definition) is 1. The van der Waals surface area contributed by atoms with E-state index in [1.54, 1.807) is 12.1 Å². The highest BCUT2D eigenvalue weighted by Gasteiger charge is 2.31. The van der Waals surface area contributed by atoms with E-state index in [2.05, 4.69) is 5.32 Å². The molecule has 0 bridgehead atoms. The van der Waals surface area contributed by atoms with E-state index in [9.17, 15) is 4.79 Å². The second kappa shape index (κ2) is 6.08. The quantitative estimate of drug-likeness (QED) is 0.838. The molecule has 1 N–H and O–H groups in total. The van der Waals surface area contributed by atoms with E-state index in [1.807, 2.05) is 31.2 Å². The van der Waals surface area contributed by atoms with Gasteiger partial charge >= 0.3 is 0 Å². The molecule has 2 rings (SSSR count). The third kappa shape index (κ3) is 3.29. The first-order chi connectivity index (χ1) is 9.43. The van der Waals surface area contributed by atoms with Crippen molar-refractivity contribution in [1.29, 1.82) is 0 Å². The SMILES string of the molecule is CCOc1ccc(NC(=O)C(Cl)(Cl)Cl)c2ccccc12. The van der Waals surface area contributed by atoms with Crippen LogP contribution in [-0.4, -0.2) is 16.3 Å². The summed E-state index contributed by atoms with van der Waals surface area (Å²) in [5, 5.41) is 4.31. The lowest BCUT2D eigenvalue weighted by Crippen LogP contribution is -2.27. The monoisotopic (exact) mass is 331 g/mol. The Morgan fingerprint density at radius 1 is 1.15 bits per heavy atom. The third-order valence-corrected chi connectivity index (χ3v) is 3.20. The van der Waals surface area contributed by atoms with Crippen molar-refractivity contribution in [3.05, 3.63) is 36.4 Å². The minimum absolute atomic E-state index is 0.559. The molecule has 6 heteroatoms. The standard InChI is InChI=1S/C14H12Cl3NO2/c1-2-20-12-8-7-11(18-13(19)14(15,16)17)9-5-3-4-6-10(9)12/h3-8H,2H2,1H3,(H,18,19). The highest BCUT2D eigenvalue weighted by atomic mass is 35.6. The molecule has 0 aliphatic heterocycles. The van der Waals surface area contributed by atoms with E-state index in [0.29, 0.717) is 12.3 Å². The van der Waals surface area contributed by atoms with Crippen molar-refractivity contribution in [2.24, 2.45) is 0 Å². The zero-order chi connectivity index (χ0) is 14.8. The van der Waals surface area contributed by atoms with Crippen LogP contribution >= 0.6 is 34.8 Å². The van der Waals surface area contributed by atoms with E-state index in [1.165, 1.54) is 0 Å². The average Bonchev–Trinajstić information content (AvgIpc) is 2.40. The van der Waals surface area contributed by atoms with Crippen molar-refractivity contribution in [3.8, 4) is 5.75 Å². The van der Waals surface area contributed by atoms with Gasteiger partial charge in [-0.1, -0.05) is 59.1 Å². The van der Waals surface area contributed by atoms with Crippen LogP contribution < -0.4 is 10.1 Å². The van der Waals surface area contributed by atoms with Crippen molar-refractivity contribution in [3.63, 3.8) is 0 Å². The van der Waals surface area contributed by atoms with Crippen LogP contribution in [0, 0.1) is 0 Å². The number of halogens is 3. The van der Waals surface area contributed by atoms with Gasteiger partial charge < -0.3 is 10.1 Å². The van der Waals surface area contributed by atoms with Crippen molar-refractivity contribution in [2.45, 2.75) is 10.7 Å². The Morgan fingerprint density at radius 3 is 2.40 bits per heavy atom. The van der Waals surface area contributed by atoms with Gasteiger partial charge in [0.15, 0.2) is 0 Å². The molecular weight excluding hydrogens is 321 g/mol. The Hall–Kier alpha value is -1.16. The van der Waals surface area contributed by atoms with Crippen LogP contribution in [0.15, 0.2) is 36.4 Å². The molecule has 0 spiro atoms. The molecule has 0 fully saturated rings. The van der Waals surface area contributed by atoms with Gasteiger partial charge in [0, 0.05) is 16.5 Å². The van der Waals surface area contributed by atoms with E-state index >= 15 is 0 Å². The topological polar surface area (TPSA) is 38.3 Å². The Labute approximate surface area is 131 Å². The summed E-state index contributed by atoms with van der Waals surface area (Å²) in [6, 6.07) is 11.0. The summed E-state index contributed by atoms with van der Waals surface area (Å²) in [5.41, 5.74) is 0.570. The molecule has 0 aromatic heterocycles. The van der Waals surface area contributed by atoms with E-state index < -0.39 is 9.70 Å². The van der Waals surface area contributed by atoms with E-state index in [-0.39, 0.29) is 0 Å². The predicted molar refractivity (Wildman–Crippen MR) is 84.0 cm³/mol. The number of amides is 1.